The Morgan fingerprint density at radius 1 is 1.23 bits per heavy atom. The van der Waals surface area contributed by atoms with E-state index in [0.717, 1.165) is 0 Å². The van der Waals surface area contributed by atoms with Crippen LogP contribution < -0.4 is 4.74 Å². The lowest BCUT2D eigenvalue weighted by molar-refractivity contribution is -0.276. The molecule has 0 saturated heterocycles. The monoisotopic (exact) mass is 191 g/mol. The summed E-state index contributed by atoms with van der Waals surface area (Å²) < 4.78 is 39.1. The lowest BCUT2D eigenvalue weighted by Crippen LogP contribution is -2.18. The number of alkyl halides is 3. The molecular weight excluding hydrogens is 183 g/mol. The molecule has 0 bridgehead atoms. The molecule has 1 aromatic rings. The van der Waals surface area contributed by atoms with Crippen molar-refractivity contribution < 1.29 is 17.9 Å². The second-order valence-corrected chi connectivity index (χ2v) is 2.62. The molecule has 1 aromatic heterocycles. The minimum Gasteiger partial charge on any atom is -0.388 e. The lowest BCUT2D eigenvalue weighted by Gasteiger charge is -2.10. The van der Waals surface area contributed by atoms with Crippen LogP contribution in [0.1, 0.15) is 11.3 Å². The predicted octanol–water partition coefficient (Wildman–Crippen LogP) is 2.60. The molecule has 0 amide bonds. The summed E-state index contributed by atoms with van der Waals surface area (Å²) in [7, 11) is 0. The van der Waals surface area contributed by atoms with E-state index in [9.17, 15) is 13.2 Å². The third-order valence-electron chi connectivity index (χ3n) is 1.40. The molecule has 0 spiro atoms. The summed E-state index contributed by atoms with van der Waals surface area (Å²) in [6.07, 6.45) is -4.68. The highest BCUT2D eigenvalue weighted by Crippen LogP contribution is 2.23. The Labute approximate surface area is 73.4 Å². The third kappa shape index (κ3) is 2.93. The van der Waals surface area contributed by atoms with Crippen LogP contribution in [0, 0.1) is 13.8 Å². The average molecular weight is 191 g/mol. The van der Waals surface area contributed by atoms with Crippen molar-refractivity contribution in [2.75, 3.05) is 0 Å². The molecule has 1 rings (SSSR count). The molecule has 0 unspecified atom stereocenters. The molecule has 5 heteroatoms. The zero-order valence-electron chi connectivity index (χ0n) is 7.14. The zero-order chi connectivity index (χ0) is 10.1. The molecule has 0 N–H and O–H groups in total. The summed E-state index contributed by atoms with van der Waals surface area (Å²) in [6.45, 7) is 3.11. The fourth-order valence-corrected chi connectivity index (χ4v) is 0.815. The molecule has 0 aliphatic carbocycles. The first-order chi connectivity index (χ1) is 5.88. The Kier molecular flexibility index (Phi) is 2.45. The number of hydrogen-bond donors (Lipinski definition) is 0. The molecule has 0 fully saturated rings. The van der Waals surface area contributed by atoms with Crippen molar-refractivity contribution in [3.63, 3.8) is 0 Å². The van der Waals surface area contributed by atoms with Crippen molar-refractivity contribution in [1.29, 1.82) is 0 Å². The summed E-state index contributed by atoms with van der Waals surface area (Å²) in [5, 5.41) is 0. The van der Waals surface area contributed by atoms with Gasteiger partial charge in [0.1, 0.15) is 0 Å². The van der Waals surface area contributed by atoms with E-state index in [2.05, 4.69) is 9.72 Å². The second kappa shape index (κ2) is 3.24. The molecule has 2 nitrogen and oxygen atoms in total. The first-order valence-electron chi connectivity index (χ1n) is 3.58. The summed E-state index contributed by atoms with van der Waals surface area (Å²) >= 11 is 0. The van der Waals surface area contributed by atoms with Crippen molar-refractivity contribution in [3.05, 3.63) is 23.4 Å². The lowest BCUT2D eigenvalue weighted by atomic mass is 10.3. The topological polar surface area (TPSA) is 22.1 Å². The first kappa shape index (κ1) is 9.83. The van der Waals surface area contributed by atoms with Gasteiger partial charge in [0.25, 0.3) is 0 Å². The smallest absolute Gasteiger partial charge is 0.388 e. The maximum Gasteiger partial charge on any atom is 0.574 e. The molecule has 72 valence electrons. The van der Waals surface area contributed by atoms with Gasteiger partial charge in [0.05, 0.1) is 0 Å². The van der Waals surface area contributed by atoms with E-state index in [1.165, 1.54) is 13.0 Å². The van der Waals surface area contributed by atoms with Gasteiger partial charge >= 0.3 is 6.36 Å². The molecule has 0 saturated carbocycles. The number of hydrogen-bond acceptors (Lipinski definition) is 2. The summed E-state index contributed by atoms with van der Waals surface area (Å²) in [4.78, 5) is 3.62. The van der Waals surface area contributed by atoms with Crippen LogP contribution in [0.3, 0.4) is 0 Å². The molecule has 0 aliphatic heterocycles. The van der Waals surface area contributed by atoms with Crippen molar-refractivity contribution in [2.45, 2.75) is 20.2 Å². The van der Waals surface area contributed by atoms with Gasteiger partial charge in [-0.3, -0.25) is 0 Å². The molecule has 0 aliphatic rings. The molecule has 13 heavy (non-hydrogen) atoms. The zero-order valence-corrected chi connectivity index (χ0v) is 7.14. The fourth-order valence-electron chi connectivity index (χ4n) is 0.815. The van der Waals surface area contributed by atoms with Crippen LogP contribution in [0.5, 0.6) is 5.88 Å². The number of halogens is 3. The Hall–Kier alpha value is -1.26. The molecule has 0 radical (unpaired) electrons. The maximum atomic E-state index is 11.8. The van der Waals surface area contributed by atoms with E-state index in [0.29, 0.717) is 11.3 Å². The van der Waals surface area contributed by atoms with E-state index in [1.54, 1.807) is 13.0 Å². The Morgan fingerprint density at radius 3 is 2.38 bits per heavy atom. The van der Waals surface area contributed by atoms with Gasteiger partial charge in [-0.2, -0.15) is 0 Å². The normalized spacial score (nSPS) is 11.5. The minimum absolute atomic E-state index is 0.364. The van der Waals surface area contributed by atoms with Crippen molar-refractivity contribution >= 4 is 0 Å². The van der Waals surface area contributed by atoms with Gasteiger partial charge in [-0.05, 0) is 19.9 Å². The van der Waals surface area contributed by atoms with E-state index in [4.69, 9.17) is 0 Å². The van der Waals surface area contributed by atoms with Crippen LogP contribution in [-0.4, -0.2) is 11.3 Å². The van der Waals surface area contributed by atoms with Gasteiger partial charge in [-0.15, -0.1) is 13.2 Å². The number of aryl methyl sites for hydroxylation is 2. The van der Waals surface area contributed by atoms with Crippen molar-refractivity contribution in [3.8, 4) is 5.88 Å². The van der Waals surface area contributed by atoms with Gasteiger partial charge in [-0.25, -0.2) is 4.98 Å². The maximum absolute atomic E-state index is 11.8. The van der Waals surface area contributed by atoms with Crippen LogP contribution in [0.4, 0.5) is 13.2 Å². The number of pyridine rings is 1. The highest BCUT2D eigenvalue weighted by molar-refractivity contribution is 5.26. The van der Waals surface area contributed by atoms with Gasteiger partial charge in [0, 0.05) is 11.3 Å². The van der Waals surface area contributed by atoms with Crippen LogP contribution >= 0.6 is 0 Å². The molecule has 1 heterocycles. The standard InChI is InChI=1S/C8H8F3NO/c1-5-3-4-6(2)12-7(5)13-8(9,10)11/h3-4H,1-2H3. The number of ether oxygens (including phenoxy) is 1. The largest absolute Gasteiger partial charge is 0.574 e. The summed E-state index contributed by atoms with van der Waals surface area (Å²) in [5.41, 5.74) is 0.854. The number of nitrogens with zero attached hydrogens (tertiary/aromatic N) is 1. The van der Waals surface area contributed by atoms with Gasteiger partial charge < -0.3 is 4.74 Å². The number of aromatic nitrogens is 1. The molecule has 0 aromatic carbocycles. The fraction of sp³-hybridized carbons (Fsp3) is 0.375. The van der Waals surface area contributed by atoms with E-state index >= 15 is 0 Å². The highest BCUT2D eigenvalue weighted by Gasteiger charge is 2.32. The Bertz CT molecular complexity index is 309. The summed E-state index contributed by atoms with van der Waals surface area (Å²) in [6, 6.07) is 3.15. The minimum atomic E-state index is -4.68. The van der Waals surface area contributed by atoms with Crippen LogP contribution in [0.25, 0.3) is 0 Å². The summed E-state index contributed by atoms with van der Waals surface area (Å²) in [5.74, 6) is -0.382. The third-order valence-corrected chi connectivity index (χ3v) is 1.40. The van der Waals surface area contributed by atoms with Crippen molar-refractivity contribution in [1.82, 2.24) is 4.98 Å². The highest BCUT2D eigenvalue weighted by atomic mass is 19.4. The molecule has 0 atom stereocenters. The van der Waals surface area contributed by atoms with Crippen LogP contribution in [0.2, 0.25) is 0 Å². The first-order valence-corrected chi connectivity index (χ1v) is 3.58. The quantitative estimate of drug-likeness (QED) is 0.680. The van der Waals surface area contributed by atoms with Crippen LogP contribution in [-0.2, 0) is 0 Å². The predicted molar refractivity (Wildman–Crippen MR) is 40.4 cm³/mol. The van der Waals surface area contributed by atoms with Crippen molar-refractivity contribution in [2.24, 2.45) is 0 Å². The van der Waals surface area contributed by atoms with Gasteiger partial charge in [0.15, 0.2) is 0 Å². The second-order valence-electron chi connectivity index (χ2n) is 2.62. The Morgan fingerprint density at radius 2 is 1.85 bits per heavy atom. The SMILES string of the molecule is Cc1ccc(C)c(OC(F)(F)F)n1. The van der Waals surface area contributed by atoms with Gasteiger partial charge in [-0.1, -0.05) is 6.07 Å². The average Bonchev–Trinajstić information content (AvgIpc) is 1.94. The Balaban J connectivity index is 2.94. The van der Waals surface area contributed by atoms with Crippen LogP contribution in [0.15, 0.2) is 12.1 Å². The van der Waals surface area contributed by atoms with Gasteiger partial charge in [0.2, 0.25) is 5.88 Å². The number of rotatable bonds is 1. The van der Waals surface area contributed by atoms with E-state index in [1.807, 2.05) is 0 Å². The molecular formula is C8H8F3NO. The van der Waals surface area contributed by atoms with E-state index in [-0.39, 0.29) is 5.88 Å². The van der Waals surface area contributed by atoms with E-state index < -0.39 is 6.36 Å².